The maximum absolute atomic E-state index is 13.4. The van der Waals surface area contributed by atoms with Gasteiger partial charge in [-0.3, -0.25) is 4.79 Å². The van der Waals surface area contributed by atoms with Crippen molar-refractivity contribution in [2.45, 2.75) is 6.18 Å². The Morgan fingerprint density at radius 3 is 2.60 bits per heavy atom. The van der Waals surface area contributed by atoms with Gasteiger partial charge >= 0.3 is 6.18 Å². The molecule has 4 nitrogen and oxygen atoms in total. The minimum Gasteiger partial charge on any atom is -0.378 e. The fraction of sp³-hybridized carbons (Fsp3) is 0.417. The van der Waals surface area contributed by atoms with E-state index in [1.165, 1.54) is 0 Å². The van der Waals surface area contributed by atoms with Gasteiger partial charge in [-0.1, -0.05) is 0 Å². The third-order valence-electron chi connectivity index (χ3n) is 2.33. The predicted molar refractivity (Wildman–Crippen MR) is 63.6 cm³/mol. The lowest BCUT2D eigenvalue weighted by Crippen LogP contribution is -2.29. The maximum atomic E-state index is 13.4. The van der Waals surface area contributed by atoms with E-state index in [-0.39, 0.29) is 13.2 Å². The summed E-state index contributed by atoms with van der Waals surface area (Å²) in [7, 11) is 0. The van der Waals surface area contributed by atoms with E-state index < -0.39 is 29.0 Å². The average Bonchev–Trinajstić information content (AvgIpc) is 2.37. The standard InChI is InChI=1S/C12H14F4N2O2/c13-10-2-1-8(12(14,15)16)7-9(10)11(19)18-4-6-20-5-3-17/h1-2,7H,3-6,17H2,(H,18,19). The van der Waals surface area contributed by atoms with Crippen molar-refractivity contribution in [3.63, 3.8) is 0 Å². The number of rotatable bonds is 6. The minimum atomic E-state index is -4.63. The first-order valence-corrected chi connectivity index (χ1v) is 5.79. The minimum absolute atomic E-state index is 0.0501. The Morgan fingerprint density at radius 1 is 1.30 bits per heavy atom. The summed E-state index contributed by atoms with van der Waals surface area (Å²) in [5.74, 6) is -1.94. The highest BCUT2D eigenvalue weighted by molar-refractivity contribution is 5.94. The van der Waals surface area contributed by atoms with Crippen LogP contribution in [0.25, 0.3) is 0 Å². The van der Waals surface area contributed by atoms with Gasteiger partial charge in [0.1, 0.15) is 5.82 Å². The van der Waals surface area contributed by atoms with Crippen LogP contribution in [0.5, 0.6) is 0 Å². The lowest BCUT2D eigenvalue weighted by atomic mass is 10.1. The number of carbonyl (C=O) groups excluding carboxylic acids is 1. The van der Waals surface area contributed by atoms with Crippen molar-refractivity contribution in [3.8, 4) is 0 Å². The highest BCUT2D eigenvalue weighted by Crippen LogP contribution is 2.30. The van der Waals surface area contributed by atoms with Crippen molar-refractivity contribution in [1.82, 2.24) is 5.32 Å². The molecular formula is C12H14F4N2O2. The zero-order valence-corrected chi connectivity index (χ0v) is 10.5. The van der Waals surface area contributed by atoms with Gasteiger partial charge in [-0.05, 0) is 18.2 Å². The molecule has 1 aromatic rings. The lowest BCUT2D eigenvalue weighted by Gasteiger charge is -2.10. The molecule has 0 spiro atoms. The molecule has 0 aliphatic heterocycles. The Morgan fingerprint density at radius 2 is 2.00 bits per heavy atom. The van der Waals surface area contributed by atoms with Gasteiger partial charge in [0, 0.05) is 13.1 Å². The zero-order valence-electron chi connectivity index (χ0n) is 10.5. The summed E-state index contributed by atoms with van der Waals surface area (Å²) in [5.41, 5.74) is 3.44. The van der Waals surface area contributed by atoms with Crippen LogP contribution in [-0.2, 0) is 10.9 Å². The van der Waals surface area contributed by atoms with Gasteiger partial charge < -0.3 is 15.8 Å². The number of hydrogen-bond acceptors (Lipinski definition) is 3. The van der Waals surface area contributed by atoms with E-state index in [2.05, 4.69) is 5.32 Å². The highest BCUT2D eigenvalue weighted by atomic mass is 19.4. The first kappa shape index (κ1) is 16.4. The van der Waals surface area contributed by atoms with Gasteiger partial charge in [-0.2, -0.15) is 13.2 Å². The Kier molecular flexibility index (Phi) is 5.90. The van der Waals surface area contributed by atoms with Crippen LogP contribution in [0.3, 0.4) is 0 Å². The maximum Gasteiger partial charge on any atom is 0.416 e. The number of benzene rings is 1. The zero-order chi connectivity index (χ0) is 15.2. The molecule has 0 fully saturated rings. The van der Waals surface area contributed by atoms with Gasteiger partial charge in [0.05, 0.1) is 24.3 Å². The number of halogens is 4. The number of amides is 1. The van der Waals surface area contributed by atoms with Gasteiger partial charge in [-0.25, -0.2) is 4.39 Å². The highest BCUT2D eigenvalue weighted by Gasteiger charge is 2.31. The van der Waals surface area contributed by atoms with E-state index in [0.717, 1.165) is 0 Å². The third kappa shape index (κ3) is 4.78. The molecule has 0 aliphatic carbocycles. The Bertz CT molecular complexity index is 463. The van der Waals surface area contributed by atoms with E-state index in [9.17, 15) is 22.4 Å². The van der Waals surface area contributed by atoms with Crippen LogP contribution in [-0.4, -0.2) is 32.2 Å². The molecule has 0 aliphatic rings. The molecule has 0 radical (unpaired) electrons. The van der Waals surface area contributed by atoms with Crippen LogP contribution in [0.1, 0.15) is 15.9 Å². The number of nitrogens with two attached hydrogens (primary N) is 1. The molecule has 0 bridgehead atoms. The second-order valence-corrected chi connectivity index (χ2v) is 3.85. The van der Waals surface area contributed by atoms with Gasteiger partial charge in [0.2, 0.25) is 0 Å². The van der Waals surface area contributed by atoms with Crippen LogP contribution < -0.4 is 11.1 Å². The second-order valence-electron chi connectivity index (χ2n) is 3.85. The van der Waals surface area contributed by atoms with Crippen molar-refractivity contribution in [2.24, 2.45) is 5.73 Å². The average molecular weight is 294 g/mol. The van der Waals surface area contributed by atoms with Crippen molar-refractivity contribution < 1.29 is 27.1 Å². The quantitative estimate of drug-likeness (QED) is 0.618. The first-order chi connectivity index (χ1) is 9.36. The van der Waals surface area contributed by atoms with E-state index in [4.69, 9.17) is 10.5 Å². The summed E-state index contributed by atoms with van der Waals surface area (Å²) in [6.07, 6.45) is -4.63. The summed E-state index contributed by atoms with van der Waals surface area (Å²) in [6.45, 7) is 0.808. The molecule has 0 saturated heterocycles. The molecule has 112 valence electrons. The molecule has 0 saturated carbocycles. The summed E-state index contributed by atoms with van der Waals surface area (Å²) in [4.78, 5) is 11.6. The fourth-order valence-corrected chi connectivity index (χ4v) is 1.39. The second kappa shape index (κ2) is 7.20. The summed E-state index contributed by atoms with van der Waals surface area (Å²) >= 11 is 0. The summed E-state index contributed by atoms with van der Waals surface area (Å²) in [5, 5.41) is 2.27. The molecule has 8 heteroatoms. The lowest BCUT2D eigenvalue weighted by molar-refractivity contribution is -0.137. The molecule has 3 N–H and O–H groups in total. The molecule has 0 aromatic heterocycles. The van der Waals surface area contributed by atoms with Crippen LogP contribution in [0.4, 0.5) is 17.6 Å². The van der Waals surface area contributed by atoms with Crippen molar-refractivity contribution >= 4 is 5.91 Å². The van der Waals surface area contributed by atoms with E-state index in [1.807, 2.05) is 0 Å². The smallest absolute Gasteiger partial charge is 0.378 e. The largest absolute Gasteiger partial charge is 0.416 e. The fourth-order valence-electron chi connectivity index (χ4n) is 1.39. The predicted octanol–water partition coefficient (Wildman–Crippen LogP) is 1.55. The van der Waals surface area contributed by atoms with Crippen molar-refractivity contribution in [1.29, 1.82) is 0 Å². The molecule has 0 unspecified atom stereocenters. The molecule has 20 heavy (non-hydrogen) atoms. The van der Waals surface area contributed by atoms with Crippen molar-refractivity contribution in [3.05, 3.63) is 35.1 Å². The normalized spacial score (nSPS) is 11.4. The van der Waals surface area contributed by atoms with E-state index in [0.29, 0.717) is 31.4 Å². The summed E-state index contributed by atoms with van der Waals surface area (Å²) in [6, 6.07) is 1.67. The van der Waals surface area contributed by atoms with Gasteiger partial charge in [0.25, 0.3) is 5.91 Å². The SMILES string of the molecule is NCCOCCNC(=O)c1cc(C(F)(F)F)ccc1F. The topological polar surface area (TPSA) is 64.3 Å². The Hall–Kier alpha value is -1.67. The number of carbonyl (C=O) groups is 1. The Labute approximate surface area is 112 Å². The van der Waals surface area contributed by atoms with Crippen LogP contribution in [0, 0.1) is 5.82 Å². The summed E-state index contributed by atoms with van der Waals surface area (Å²) < 4.78 is 55.7. The number of alkyl halides is 3. The Balaban J connectivity index is 2.67. The van der Waals surface area contributed by atoms with Crippen LogP contribution in [0.15, 0.2) is 18.2 Å². The first-order valence-electron chi connectivity index (χ1n) is 5.79. The van der Waals surface area contributed by atoms with E-state index in [1.54, 1.807) is 0 Å². The molecular weight excluding hydrogens is 280 g/mol. The van der Waals surface area contributed by atoms with Crippen LogP contribution in [0.2, 0.25) is 0 Å². The number of ether oxygens (including phenoxy) is 1. The molecule has 1 rings (SSSR count). The molecule has 1 amide bonds. The molecule has 0 heterocycles. The number of nitrogens with one attached hydrogen (secondary N) is 1. The molecule has 1 aromatic carbocycles. The van der Waals surface area contributed by atoms with Gasteiger partial charge in [-0.15, -0.1) is 0 Å². The van der Waals surface area contributed by atoms with Crippen LogP contribution >= 0.6 is 0 Å². The molecule has 0 atom stereocenters. The van der Waals surface area contributed by atoms with E-state index >= 15 is 0 Å². The van der Waals surface area contributed by atoms with Gasteiger partial charge in [0.15, 0.2) is 0 Å². The third-order valence-corrected chi connectivity index (χ3v) is 2.33. The monoisotopic (exact) mass is 294 g/mol. The van der Waals surface area contributed by atoms with Crippen molar-refractivity contribution in [2.75, 3.05) is 26.3 Å². The number of hydrogen-bond donors (Lipinski definition) is 2.